The lowest BCUT2D eigenvalue weighted by atomic mass is 9.85. The molecule has 1 aliphatic heterocycles. The molecule has 1 unspecified atom stereocenters. The average Bonchev–Trinajstić information content (AvgIpc) is 2.18. The highest BCUT2D eigenvalue weighted by Gasteiger charge is 2.25. The van der Waals surface area contributed by atoms with Gasteiger partial charge in [0.1, 0.15) is 0 Å². The van der Waals surface area contributed by atoms with E-state index >= 15 is 0 Å². The van der Waals surface area contributed by atoms with Crippen molar-refractivity contribution in [2.45, 2.75) is 45.8 Å². The Kier molecular flexibility index (Phi) is 4.21. The van der Waals surface area contributed by atoms with Crippen LogP contribution in [0.4, 0.5) is 0 Å². The van der Waals surface area contributed by atoms with Crippen LogP contribution in [-0.2, 0) is 0 Å². The Labute approximate surface area is 97.8 Å². The maximum Gasteiger partial charge on any atom is 0.0532 e. The van der Waals surface area contributed by atoms with E-state index in [9.17, 15) is 0 Å². The summed E-state index contributed by atoms with van der Waals surface area (Å²) in [7, 11) is 0. The van der Waals surface area contributed by atoms with Gasteiger partial charge in [0.15, 0.2) is 0 Å². The lowest BCUT2D eigenvalue weighted by Gasteiger charge is -2.28. The topological polar surface area (TPSA) is 12.4 Å². The summed E-state index contributed by atoms with van der Waals surface area (Å²) < 4.78 is 0. The van der Waals surface area contributed by atoms with Crippen molar-refractivity contribution in [3.8, 4) is 0 Å². The highest BCUT2D eigenvalue weighted by Crippen LogP contribution is 2.37. The molecule has 0 bridgehead atoms. The summed E-state index contributed by atoms with van der Waals surface area (Å²) in [5.41, 5.74) is 2.51. The van der Waals surface area contributed by atoms with Crippen LogP contribution in [0.25, 0.3) is 0 Å². The van der Waals surface area contributed by atoms with Crippen molar-refractivity contribution in [3.63, 3.8) is 0 Å². The number of hydrogen-bond donors (Lipinski definition) is 0. The molecule has 0 saturated carbocycles. The Morgan fingerprint density at radius 3 is 2.80 bits per heavy atom. The molecule has 84 valence electrons. The van der Waals surface area contributed by atoms with Gasteiger partial charge in [0, 0.05) is 10.7 Å². The van der Waals surface area contributed by atoms with E-state index in [4.69, 9.17) is 4.99 Å². The maximum absolute atomic E-state index is 4.71. The first-order valence-electron chi connectivity index (χ1n) is 5.58. The van der Waals surface area contributed by atoms with Gasteiger partial charge in [-0.05, 0) is 24.8 Å². The minimum atomic E-state index is 0.191. The van der Waals surface area contributed by atoms with Crippen LogP contribution in [0.3, 0.4) is 0 Å². The molecule has 0 fully saturated rings. The number of thioether (sulfide) groups is 1. The van der Waals surface area contributed by atoms with Crippen molar-refractivity contribution in [1.29, 1.82) is 0 Å². The van der Waals surface area contributed by atoms with Crippen LogP contribution in [0.2, 0.25) is 0 Å². The molecular weight excluding hydrogens is 202 g/mol. The summed E-state index contributed by atoms with van der Waals surface area (Å²) in [5.74, 6) is 0. The first-order chi connectivity index (χ1) is 7.01. The third-order valence-electron chi connectivity index (χ3n) is 2.83. The van der Waals surface area contributed by atoms with Crippen LogP contribution in [0, 0.1) is 5.41 Å². The second-order valence-corrected chi connectivity index (χ2v) is 5.87. The molecule has 0 aliphatic carbocycles. The normalized spacial score (nSPS) is 22.0. The van der Waals surface area contributed by atoms with E-state index < -0.39 is 0 Å². The molecule has 0 radical (unpaired) electrons. The van der Waals surface area contributed by atoms with Crippen LogP contribution >= 0.6 is 11.8 Å². The van der Waals surface area contributed by atoms with E-state index in [1.165, 1.54) is 18.5 Å². The summed E-state index contributed by atoms with van der Waals surface area (Å²) in [5, 5.41) is 2.66. The summed E-state index contributed by atoms with van der Waals surface area (Å²) in [6, 6.07) is 0. The van der Waals surface area contributed by atoms with Crippen molar-refractivity contribution in [2.24, 2.45) is 10.4 Å². The highest BCUT2D eigenvalue weighted by atomic mass is 32.2. The molecular formula is C13H21NS. The third-order valence-corrected chi connectivity index (χ3v) is 3.84. The van der Waals surface area contributed by atoms with Gasteiger partial charge in [-0.2, -0.15) is 0 Å². The molecule has 0 aromatic carbocycles. The van der Waals surface area contributed by atoms with Gasteiger partial charge in [-0.25, -0.2) is 0 Å². The lowest BCUT2D eigenvalue weighted by Crippen LogP contribution is -2.20. The van der Waals surface area contributed by atoms with E-state index in [1.807, 2.05) is 17.8 Å². The van der Waals surface area contributed by atoms with Gasteiger partial charge in [0.25, 0.3) is 0 Å². The van der Waals surface area contributed by atoms with E-state index in [2.05, 4.69) is 39.7 Å². The van der Waals surface area contributed by atoms with E-state index in [0.717, 1.165) is 5.71 Å². The Bertz CT molecular complexity index is 300. The Hall–Kier alpha value is -0.500. The smallest absolute Gasteiger partial charge is 0.0532 e. The third kappa shape index (κ3) is 2.97. The molecule has 1 aliphatic rings. The lowest BCUT2D eigenvalue weighted by molar-refractivity contribution is 0.399. The first kappa shape index (κ1) is 12.6. The van der Waals surface area contributed by atoms with Crippen molar-refractivity contribution in [3.05, 3.63) is 23.8 Å². The maximum atomic E-state index is 4.71. The molecule has 15 heavy (non-hydrogen) atoms. The fourth-order valence-electron chi connectivity index (χ4n) is 1.77. The van der Waals surface area contributed by atoms with E-state index in [1.54, 1.807) is 0 Å². The number of aliphatic imine (C=N–C) groups is 1. The van der Waals surface area contributed by atoms with Gasteiger partial charge in [0.2, 0.25) is 0 Å². The number of allylic oxidation sites excluding steroid dienone is 2. The average molecular weight is 223 g/mol. The fourth-order valence-corrected chi connectivity index (χ4v) is 2.76. The Morgan fingerprint density at radius 1 is 1.60 bits per heavy atom. The number of nitrogens with zero attached hydrogens (tertiary/aromatic N) is 1. The Morgan fingerprint density at radius 2 is 2.27 bits per heavy atom. The molecule has 0 aromatic heterocycles. The van der Waals surface area contributed by atoms with Crippen LogP contribution in [0.1, 0.15) is 40.5 Å². The van der Waals surface area contributed by atoms with Crippen LogP contribution < -0.4 is 0 Å². The molecule has 0 saturated heterocycles. The molecule has 0 N–H and O–H groups in total. The Balaban J connectivity index is 2.89. The van der Waals surface area contributed by atoms with Crippen molar-refractivity contribution in [1.82, 2.24) is 0 Å². The monoisotopic (exact) mass is 223 g/mol. The van der Waals surface area contributed by atoms with E-state index in [-0.39, 0.29) is 5.41 Å². The molecule has 1 rings (SSSR count). The summed E-state index contributed by atoms with van der Waals surface area (Å²) >= 11 is 1.85. The van der Waals surface area contributed by atoms with Crippen molar-refractivity contribution >= 4 is 17.5 Å². The summed E-state index contributed by atoms with van der Waals surface area (Å²) in [6.45, 7) is 12.8. The van der Waals surface area contributed by atoms with E-state index in [0.29, 0.717) is 5.25 Å². The van der Waals surface area contributed by atoms with Gasteiger partial charge in [0.05, 0.1) is 11.4 Å². The largest absolute Gasteiger partial charge is 0.256 e. The standard InChI is InChI=1S/C13H21NS/c1-6-8-13(4,5)12-9-15-10(3)11(7-2)14-12/h7,9-10H,2,6,8H2,1,3-5H3. The molecule has 0 amide bonds. The van der Waals surface area contributed by atoms with Gasteiger partial charge in [-0.1, -0.05) is 33.8 Å². The number of hydrogen-bond acceptors (Lipinski definition) is 2. The zero-order chi connectivity index (χ0) is 11.5. The quantitative estimate of drug-likeness (QED) is 0.687. The minimum absolute atomic E-state index is 0.191. The molecule has 0 spiro atoms. The van der Waals surface area contributed by atoms with Gasteiger partial charge in [-0.3, -0.25) is 4.99 Å². The molecule has 0 aromatic rings. The predicted molar refractivity (Wildman–Crippen MR) is 71.5 cm³/mol. The van der Waals surface area contributed by atoms with Gasteiger partial charge in [-0.15, -0.1) is 11.8 Å². The van der Waals surface area contributed by atoms with Crippen molar-refractivity contribution in [2.75, 3.05) is 0 Å². The highest BCUT2D eigenvalue weighted by molar-refractivity contribution is 8.03. The SMILES string of the molecule is C=CC1=NC(C(C)(C)CCC)=CSC1C. The molecule has 1 atom stereocenters. The zero-order valence-corrected chi connectivity index (χ0v) is 11.0. The second-order valence-electron chi connectivity index (χ2n) is 4.66. The summed E-state index contributed by atoms with van der Waals surface area (Å²) in [4.78, 5) is 4.71. The summed E-state index contributed by atoms with van der Waals surface area (Å²) in [6.07, 6.45) is 4.26. The van der Waals surface area contributed by atoms with Crippen molar-refractivity contribution < 1.29 is 0 Å². The van der Waals surface area contributed by atoms with Gasteiger partial charge < -0.3 is 0 Å². The number of rotatable bonds is 4. The minimum Gasteiger partial charge on any atom is -0.256 e. The molecule has 1 nitrogen and oxygen atoms in total. The predicted octanol–water partition coefficient (Wildman–Crippen LogP) is 4.42. The fraction of sp³-hybridized carbons (Fsp3) is 0.615. The van der Waals surface area contributed by atoms with Crippen LogP contribution in [0.15, 0.2) is 28.8 Å². The molecule has 2 heteroatoms. The second kappa shape index (κ2) is 5.02. The van der Waals surface area contributed by atoms with Crippen LogP contribution in [-0.4, -0.2) is 11.0 Å². The van der Waals surface area contributed by atoms with Gasteiger partial charge >= 0.3 is 0 Å². The zero-order valence-electron chi connectivity index (χ0n) is 10.2. The van der Waals surface area contributed by atoms with Crippen LogP contribution in [0.5, 0.6) is 0 Å². The first-order valence-corrected chi connectivity index (χ1v) is 6.52. The molecule has 1 heterocycles.